The Balaban J connectivity index is 0.000000336. The Morgan fingerprint density at radius 3 is 2.08 bits per heavy atom. The van der Waals surface area contributed by atoms with Crippen molar-refractivity contribution in [3.63, 3.8) is 0 Å². The van der Waals surface area contributed by atoms with E-state index in [1.165, 1.54) is 19.3 Å². The topological polar surface area (TPSA) is 12.0 Å². The van der Waals surface area contributed by atoms with E-state index in [-0.39, 0.29) is 0 Å². The van der Waals surface area contributed by atoms with Crippen LogP contribution in [0.2, 0.25) is 0 Å². The van der Waals surface area contributed by atoms with Crippen LogP contribution in [0.15, 0.2) is 12.2 Å². The zero-order chi connectivity index (χ0) is 8.97. The van der Waals surface area contributed by atoms with Gasteiger partial charge >= 0.3 is 0 Å². The molecule has 1 N–H and O–H groups in total. The van der Waals surface area contributed by atoms with E-state index in [1.54, 1.807) is 0 Å². The van der Waals surface area contributed by atoms with Gasteiger partial charge in [-0.3, -0.25) is 0 Å². The molecule has 1 fully saturated rings. The minimum atomic E-state index is 0.712. The van der Waals surface area contributed by atoms with Crippen molar-refractivity contribution in [3.05, 3.63) is 12.2 Å². The summed E-state index contributed by atoms with van der Waals surface area (Å²) in [4.78, 5) is 0. The summed E-state index contributed by atoms with van der Waals surface area (Å²) in [7, 11) is 0. The van der Waals surface area contributed by atoms with Crippen LogP contribution in [0.1, 0.15) is 40.0 Å². The first-order valence-corrected chi connectivity index (χ1v) is 5.33. The summed E-state index contributed by atoms with van der Waals surface area (Å²) in [6.45, 7) is 6.30. The highest BCUT2D eigenvalue weighted by molar-refractivity contribution is 5.12. The van der Waals surface area contributed by atoms with E-state index < -0.39 is 0 Å². The molecule has 0 amide bonds. The quantitative estimate of drug-likeness (QED) is 0.592. The predicted molar refractivity (Wildman–Crippen MR) is 54.2 cm³/mol. The van der Waals surface area contributed by atoms with Crippen molar-refractivity contribution >= 4 is 0 Å². The van der Waals surface area contributed by atoms with Crippen LogP contribution in [-0.2, 0) is 0 Å². The highest BCUT2D eigenvalue weighted by atomic mass is 15.0. The number of fused-ring (bicyclic) bond motifs is 2. The minimum absolute atomic E-state index is 0.712. The molecule has 12 heavy (non-hydrogen) atoms. The normalized spacial score (nSPS) is 37.4. The van der Waals surface area contributed by atoms with Gasteiger partial charge in [-0.15, -0.1) is 0 Å². The molecule has 2 aliphatic rings. The molecular weight excluding hydrogens is 146 g/mol. The molecule has 0 radical (unpaired) electrons. The largest absolute Gasteiger partial charge is 0.304 e. The van der Waals surface area contributed by atoms with E-state index >= 15 is 0 Å². The third-order valence-corrected chi connectivity index (χ3v) is 2.76. The van der Waals surface area contributed by atoms with Gasteiger partial charge in [-0.05, 0) is 18.8 Å². The van der Waals surface area contributed by atoms with Crippen molar-refractivity contribution in [2.24, 2.45) is 5.92 Å². The van der Waals surface area contributed by atoms with Crippen LogP contribution in [0.5, 0.6) is 0 Å². The molecule has 1 heteroatoms. The van der Waals surface area contributed by atoms with Crippen molar-refractivity contribution in [3.8, 4) is 0 Å². The predicted octanol–water partition coefficient (Wildman–Crippen LogP) is 2.73. The first kappa shape index (κ1) is 9.79. The standard InChI is InChI=1S/C9H15N.C2H6/c1-2-7-5-8-3-4-9(6-7)10-8;1-2/h3-4,7-10H,2,5-6H2,1H3;1-2H3. The molecule has 2 rings (SSSR count). The van der Waals surface area contributed by atoms with Crippen LogP contribution in [0.25, 0.3) is 0 Å². The highest BCUT2D eigenvalue weighted by Gasteiger charge is 2.27. The molecule has 2 aliphatic heterocycles. The molecule has 2 bridgehead atoms. The number of hydrogen-bond donors (Lipinski definition) is 1. The third kappa shape index (κ3) is 2.10. The Kier molecular flexibility index (Phi) is 3.80. The van der Waals surface area contributed by atoms with Crippen LogP contribution in [0.4, 0.5) is 0 Å². The molecule has 0 aromatic heterocycles. The maximum atomic E-state index is 3.54. The smallest absolute Gasteiger partial charge is 0.0258 e. The van der Waals surface area contributed by atoms with E-state index in [9.17, 15) is 0 Å². The van der Waals surface area contributed by atoms with Crippen molar-refractivity contribution < 1.29 is 0 Å². The number of piperidine rings is 1. The van der Waals surface area contributed by atoms with Crippen LogP contribution in [0, 0.1) is 5.92 Å². The lowest BCUT2D eigenvalue weighted by molar-refractivity contribution is 0.307. The van der Waals surface area contributed by atoms with Gasteiger partial charge in [0.15, 0.2) is 0 Å². The van der Waals surface area contributed by atoms with Crippen LogP contribution >= 0.6 is 0 Å². The molecule has 1 nitrogen and oxygen atoms in total. The van der Waals surface area contributed by atoms with Gasteiger partial charge in [-0.1, -0.05) is 39.3 Å². The zero-order valence-electron chi connectivity index (χ0n) is 8.51. The Morgan fingerprint density at radius 1 is 1.17 bits per heavy atom. The lowest BCUT2D eigenvalue weighted by Crippen LogP contribution is -2.38. The van der Waals surface area contributed by atoms with Crippen molar-refractivity contribution in [1.82, 2.24) is 5.32 Å². The SMILES string of the molecule is CC.CCC1CC2C=CC(C1)N2. The summed E-state index contributed by atoms with van der Waals surface area (Å²) in [6, 6.07) is 1.42. The second kappa shape index (κ2) is 4.66. The van der Waals surface area contributed by atoms with E-state index in [4.69, 9.17) is 0 Å². The van der Waals surface area contributed by atoms with Gasteiger partial charge in [-0.25, -0.2) is 0 Å². The van der Waals surface area contributed by atoms with Crippen molar-refractivity contribution in [2.75, 3.05) is 0 Å². The number of nitrogens with one attached hydrogen (secondary N) is 1. The van der Waals surface area contributed by atoms with E-state index in [2.05, 4.69) is 24.4 Å². The summed E-state index contributed by atoms with van der Waals surface area (Å²) >= 11 is 0. The first-order valence-electron chi connectivity index (χ1n) is 5.33. The molecular formula is C11H21N. The Labute approximate surface area is 76.2 Å². The van der Waals surface area contributed by atoms with Gasteiger partial charge < -0.3 is 5.32 Å². The Morgan fingerprint density at radius 2 is 1.67 bits per heavy atom. The summed E-state index contributed by atoms with van der Waals surface area (Å²) < 4.78 is 0. The molecule has 2 atom stereocenters. The molecule has 0 spiro atoms. The van der Waals surface area contributed by atoms with Gasteiger partial charge in [-0.2, -0.15) is 0 Å². The van der Waals surface area contributed by atoms with E-state index in [1.807, 2.05) is 13.8 Å². The maximum absolute atomic E-state index is 3.54. The average molecular weight is 167 g/mol. The van der Waals surface area contributed by atoms with Crippen molar-refractivity contribution in [1.29, 1.82) is 0 Å². The molecule has 2 unspecified atom stereocenters. The molecule has 1 saturated heterocycles. The molecule has 0 saturated carbocycles. The zero-order valence-corrected chi connectivity index (χ0v) is 8.51. The fourth-order valence-corrected chi connectivity index (χ4v) is 2.10. The Bertz CT molecular complexity index is 137. The van der Waals surface area contributed by atoms with Gasteiger partial charge in [0.1, 0.15) is 0 Å². The summed E-state index contributed by atoms with van der Waals surface area (Å²) in [5, 5.41) is 3.54. The molecule has 0 aliphatic carbocycles. The Hall–Kier alpha value is -0.300. The van der Waals surface area contributed by atoms with E-state index in [0.29, 0.717) is 12.1 Å². The second-order valence-electron chi connectivity index (χ2n) is 3.51. The molecule has 70 valence electrons. The van der Waals surface area contributed by atoms with Crippen LogP contribution in [-0.4, -0.2) is 12.1 Å². The van der Waals surface area contributed by atoms with Gasteiger partial charge in [0.2, 0.25) is 0 Å². The lowest BCUT2D eigenvalue weighted by atomic mass is 9.90. The monoisotopic (exact) mass is 167 g/mol. The fraction of sp³-hybridized carbons (Fsp3) is 0.818. The van der Waals surface area contributed by atoms with Crippen LogP contribution in [0.3, 0.4) is 0 Å². The highest BCUT2D eigenvalue weighted by Crippen LogP contribution is 2.27. The van der Waals surface area contributed by atoms with Gasteiger partial charge in [0, 0.05) is 12.1 Å². The molecule has 2 heterocycles. The molecule has 0 aromatic carbocycles. The molecule has 0 aromatic rings. The summed E-state index contributed by atoms with van der Waals surface area (Å²) in [6.07, 6.45) is 8.75. The minimum Gasteiger partial charge on any atom is -0.304 e. The summed E-state index contributed by atoms with van der Waals surface area (Å²) in [5.74, 6) is 0.978. The van der Waals surface area contributed by atoms with Gasteiger partial charge in [0.25, 0.3) is 0 Å². The number of hydrogen-bond acceptors (Lipinski definition) is 1. The maximum Gasteiger partial charge on any atom is 0.0258 e. The van der Waals surface area contributed by atoms with Gasteiger partial charge in [0.05, 0.1) is 0 Å². The van der Waals surface area contributed by atoms with Crippen molar-refractivity contribution in [2.45, 2.75) is 52.1 Å². The number of rotatable bonds is 1. The van der Waals surface area contributed by atoms with E-state index in [0.717, 1.165) is 5.92 Å². The third-order valence-electron chi connectivity index (χ3n) is 2.76. The first-order chi connectivity index (χ1) is 5.88. The second-order valence-corrected chi connectivity index (χ2v) is 3.51. The lowest BCUT2D eigenvalue weighted by Gasteiger charge is -2.28. The average Bonchev–Trinajstić information content (AvgIpc) is 2.49. The fourth-order valence-electron chi connectivity index (χ4n) is 2.10. The summed E-state index contributed by atoms with van der Waals surface area (Å²) in [5.41, 5.74) is 0. The van der Waals surface area contributed by atoms with Crippen LogP contribution < -0.4 is 5.32 Å².